The second-order valence-corrected chi connectivity index (χ2v) is 10.7. The number of rotatable bonds is 5. The third-order valence-corrected chi connectivity index (χ3v) is 8.10. The summed E-state index contributed by atoms with van der Waals surface area (Å²) in [7, 11) is -3.76. The Balaban J connectivity index is 1.47. The third kappa shape index (κ3) is 3.94. The predicted octanol–water partition coefficient (Wildman–Crippen LogP) is 5.84. The van der Waals surface area contributed by atoms with Crippen molar-refractivity contribution >= 4 is 27.1 Å². The third-order valence-electron chi connectivity index (χ3n) is 6.73. The molecule has 7 nitrogen and oxygen atoms in total. The maximum absolute atomic E-state index is 13.2. The average Bonchev–Trinajstić information content (AvgIpc) is 3.30. The molecule has 0 spiro atoms. The predicted molar refractivity (Wildman–Crippen MR) is 133 cm³/mol. The summed E-state index contributed by atoms with van der Waals surface area (Å²) in [5.41, 5.74) is 5.37. The number of anilines is 2. The summed E-state index contributed by atoms with van der Waals surface area (Å²) in [5, 5.41) is 14.6. The number of benzene rings is 3. The monoisotopic (exact) mass is 475 g/mol. The molecular formula is C26H25N3O4S. The van der Waals surface area contributed by atoms with Gasteiger partial charge in [0.15, 0.2) is 0 Å². The number of allylic oxidation sites excluding steroid dienone is 2. The molecule has 3 aromatic rings. The summed E-state index contributed by atoms with van der Waals surface area (Å²) in [4.78, 5) is 10.8. The molecule has 3 atom stereocenters. The molecule has 0 fully saturated rings. The van der Waals surface area contributed by atoms with Crippen molar-refractivity contribution < 1.29 is 13.3 Å². The summed E-state index contributed by atoms with van der Waals surface area (Å²) in [6.07, 6.45) is 5.10. The summed E-state index contributed by atoms with van der Waals surface area (Å²) in [5.74, 6) is 0.256. The van der Waals surface area contributed by atoms with E-state index in [1.165, 1.54) is 12.1 Å². The smallest absolute Gasteiger partial charge is 0.269 e. The summed E-state index contributed by atoms with van der Waals surface area (Å²) < 4.78 is 29.1. The van der Waals surface area contributed by atoms with Gasteiger partial charge in [0.1, 0.15) is 0 Å². The number of nitro groups is 1. The van der Waals surface area contributed by atoms with Gasteiger partial charge in [-0.1, -0.05) is 42.0 Å². The van der Waals surface area contributed by atoms with Gasteiger partial charge in [-0.15, -0.1) is 0 Å². The van der Waals surface area contributed by atoms with E-state index in [9.17, 15) is 18.5 Å². The van der Waals surface area contributed by atoms with Crippen LogP contribution in [-0.2, 0) is 10.0 Å². The van der Waals surface area contributed by atoms with E-state index in [1.807, 2.05) is 32.0 Å². The zero-order valence-electron chi connectivity index (χ0n) is 18.9. The van der Waals surface area contributed by atoms with Crippen LogP contribution >= 0.6 is 0 Å². The molecular weight excluding hydrogens is 450 g/mol. The number of nitro benzene ring substituents is 1. The van der Waals surface area contributed by atoms with E-state index in [-0.39, 0.29) is 28.5 Å². The molecule has 34 heavy (non-hydrogen) atoms. The van der Waals surface area contributed by atoms with Crippen molar-refractivity contribution in [3.63, 3.8) is 0 Å². The number of hydrogen-bond donors (Lipinski definition) is 2. The Hall–Kier alpha value is -3.65. The lowest BCUT2D eigenvalue weighted by Gasteiger charge is -2.37. The van der Waals surface area contributed by atoms with E-state index in [0.717, 1.165) is 34.4 Å². The van der Waals surface area contributed by atoms with Crippen LogP contribution in [0.1, 0.15) is 40.6 Å². The largest absolute Gasteiger partial charge is 0.378 e. The Morgan fingerprint density at radius 1 is 1.03 bits per heavy atom. The molecule has 0 radical (unpaired) electrons. The molecule has 0 saturated heterocycles. The molecule has 1 aliphatic carbocycles. The molecule has 174 valence electrons. The minimum Gasteiger partial charge on any atom is -0.378 e. The summed E-state index contributed by atoms with van der Waals surface area (Å²) in [6, 6.07) is 17.4. The van der Waals surface area contributed by atoms with Gasteiger partial charge < -0.3 is 5.32 Å². The highest BCUT2D eigenvalue weighted by molar-refractivity contribution is 7.92. The first-order chi connectivity index (χ1) is 16.2. The van der Waals surface area contributed by atoms with Crippen molar-refractivity contribution in [2.24, 2.45) is 5.92 Å². The fourth-order valence-electron chi connectivity index (χ4n) is 5.00. The number of aryl methyl sites for hydroxylation is 2. The molecule has 0 aromatic heterocycles. The molecule has 0 saturated carbocycles. The average molecular weight is 476 g/mol. The van der Waals surface area contributed by atoms with Gasteiger partial charge in [0.2, 0.25) is 0 Å². The van der Waals surface area contributed by atoms with Gasteiger partial charge in [0, 0.05) is 23.7 Å². The number of sulfonamides is 1. The van der Waals surface area contributed by atoms with Crippen molar-refractivity contribution in [1.29, 1.82) is 0 Å². The Morgan fingerprint density at radius 2 is 1.79 bits per heavy atom. The van der Waals surface area contributed by atoms with Crippen molar-refractivity contribution in [2.75, 3.05) is 10.0 Å². The fourth-order valence-corrected chi connectivity index (χ4v) is 6.17. The number of nitrogens with zero attached hydrogens (tertiary/aromatic N) is 1. The lowest BCUT2D eigenvalue weighted by atomic mass is 9.77. The quantitative estimate of drug-likeness (QED) is 0.274. The fraction of sp³-hybridized carbons (Fsp3) is 0.231. The number of hydrogen-bond acceptors (Lipinski definition) is 5. The highest BCUT2D eigenvalue weighted by Gasteiger charge is 2.38. The minimum atomic E-state index is -3.76. The van der Waals surface area contributed by atoms with E-state index in [0.29, 0.717) is 5.69 Å². The topological polar surface area (TPSA) is 101 Å². The number of nitrogens with one attached hydrogen (secondary N) is 2. The molecule has 0 amide bonds. The second-order valence-electron chi connectivity index (χ2n) is 9.00. The van der Waals surface area contributed by atoms with Crippen LogP contribution in [0.25, 0.3) is 0 Å². The van der Waals surface area contributed by atoms with Gasteiger partial charge in [0.25, 0.3) is 15.7 Å². The lowest BCUT2D eigenvalue weighted by molar-refractivity contribution is -0.384. The first-order valence-electron chi connectivity index (χ1n) is 11.1. The molecule has 3 unspecified atom stereocenters. The SMILES string of the molecule is Cc1ccc(NS(=O)(=O)c2ccc3c(c2)C2C=CCC2C(c2ccc([N+](=O)[O-])cc2)N3)c(C)c1. The van der Waals surface area contributed by atoms with E-state index < -0.39 is 14.9 Å². The first-order valence-corrected chi connectivity index (χ1v) is 12.6. The highest BCUT2D eigenvalue weighted by atomic mass is 32.2. The van der Waals surface area contributed by atoms with Gasteiger partial charge in [-0.3, -0.25) is 14.8 Å². The highest BCUT2D eigenvalue weighted by Crippen LogP contribution is 2.50. The molecule has 5 rings (SSSR count). The number of non-ortho nitro benzene ring substituents is 1. The Labute approximate surface area is 198 Å². The van der Waals surface area contributed by atoms with Gasteiger partial charge in [-0.05, 0) is 67.1 Å². The van der Waals surface area contributed by atoms with Crippen molar-refractivity contribution in [2.45, 2.75) is 37.1 Å². The number of fused-ring (bicyclic) bond motifs is 3. The minimum absolute atomic E-state index is 0.0240. The molecule has 1 heterocycles. The normalized spacial score (nSPS) is 20.8. The maximum Gasteiger partial charge on any atom is 0.269 e. The van der Waals surface area contributed by atoms with E-state index in [1.54, 1.807) is 30.3 Å². The Bertz CT molecular complexity index is 1410. The van der Waals surface area contributed by atoms with Crippen LogP contribution in [0.15, 0.2) is 77.7 Å². The first kappa shape index (κ1) is 22.2. The zero-order chi connectivity index (χ0) is 24.0. The molecule has 1 aliphatic heterocycles. The Morgan fingerprint density at radius 3 is 2.50 bits per heavy atom. The van der Waals surface area contributed by atoms with Crippen LogP contribution in [-0.4, -0.2) is 13.3 Å². The van der Waals surface area contributed by atoms with Gasteiger partial charge in [-0.25, -0.2) is 8.42 Å². The zero-order valence-corrected chi connectivity index (χ0v) is 19.7. The summed E-state index contributed by atoms with van der Waals surface area (Å²) >= 11 is 0. The molecule has 0 bridgehead atoms. The van der Waals surface area contributed by atoms with E-state index in [2.05, 4.69) is 22.2 Å². The second kappa shape index (κ2) is 8.29. The van der Waals surface area contributed by atoms with Crippen molar-refractivity contribution in [1.82, 2.24) is 0 Å². The van der Waals surface area contributed by atoms with Crippen LogP contribution in [0.2, 0.25) is 0 Å². The van der Waals surface area contributed by atoms with Gasteiger partial charge >= 0.3 is 0 Å². The van der Waals surface area contributed by atoms with Gasteiger partial charge in [-0.2, -0.15) is 0 Å². The van der Waals surface area contributed by atoms with Crippen LogP contribution in [0.5, 0.6) is 0 Å². The van der Waals surface area contributed by atoms with Gasteiger partial charge in [0.05, 0.1) is 21.5 Å². The molecule has 2 N–H and O–H groups in total. The van der Waals surface area contributed by atoms with Crippen LogP contribution in [0.4, 0.5) is 17.1 Å². The van der Waals surface area contributed by atoms with E-state index in [4.69, 9.17) is 0 Å². The van der Waals surface area contributed by atoms with Crippen LogP contribution < -0.4 is 10.0 Å². The molecule has 2 aliphatic rings. The Kier molecular flexibility index (Phi) is 5.40. The standard InChI is InChI=1S/C26H25N3O4S/c1-16-6-12-24(17(2)14-16)28-34(32,33)20-11-13-25-23(15-20)21-4-3-5-22(21)26(27-25)18-7-9-19(10-8-18)29(30)31/h3-4,6-15,21-22,26-28H,5H2,1-2H3. The van der Waals surface area contributed by atoms with Crippen LogP contribution in [0.3, 0.4) is 0 Å². The summed E-state index contributed by atoms with van der Waals surface area (Å²) in [6.45, 7) is 3.85. The van der Waals surface area contributed by atoms with Crippen molar-refractivity contribution in [3.05, 3.63) is 105 Å². The maximum atomic E-state index is 13.2. The van der Waals surface area contributed by atoms with Crippen molar-refractivity contribution in [3.8, 4) is 0 Å². The van der Waals surface area contributed by atoms with E-state index >= 15 is 0 Å². The van der Waals surface area contributed by atoms with Crippen LogP contribution in [0, 0.1) is 29.9 Å². The molecule has 8 heteroatoms. The molecule has 3 aromatic carbocycles. The lowest BCUT2D eigenvalue weighted by Crippen LogP contribution is -2.29.